The van der Waals surface area contributed by atoms with Crippen molar-refractivity contribution in [2.45, 2.75) is 0 Å². The van der Waals surface area contributed by atoms with Crippen molar-refractivity contribution in [2.75, 3.05) is 0 Å². The summed E-state index contributed by atoms with van der Waals surface area (Å²) in [4.78, 5) is 0. The van der Waals surface area contributed by atoms with Gasteiger partial charge in [0.25, 0.3) is 0 Å². The molecule has 1 heteroatoms. The predicted octanol–water partition coefficient (Wildman–Crippen LogP) is 2.83. The van der Waals surface area contributed by atoms with Crippen molar-refractivity contribution in [1.29, 1.82) is 0 Å². The number of rotatable bonds is 1. The highest BCUT2D eigenvalue weighted by Crippen LogP contribution is 2.11. The Morgan fingerprint density at radius 1 is 1.30 bits per heavy atom. The highest BCUT2D eigenvalue weighted by atomic mass is 19.1. The molecule has 0 aromatic heterocycles. The fourth-order valence-corrected chi connectivity index (χ4v) is 0.715. The largest absolute Gasteiger partial charge is 0.215 e. The number of halogens is 1. The van der Waals surface area contributed by atoms with Gasteiger partial charge in [-0.2, -0.15) is 0 Å². The van der Waals surface area contributed by atoms with E-state index in [1.165, 1.54) is 0 Å². The van der Waals surface area contributed by atoms with Gasteiger partial charge >= 0.3 is 0 Å². The molecule has 0 unspecified atom stereocenters. The lowest BCUT2D eigenvalue weighted by Crippen LogP contribution is -1.75. The lowest BCUT2D eigenvalue weighted by molar-refractivity contribution is 0.724. The Morgan fingerprint density at radius 2 is 1.90 bits per heavy atom. The normalized spacial score (nSPS) is 11.6. The Morgan fingerprint density at radius 3 is 2.40 bits per heavy atom. The molecule has 0 aliphatic heterocycles. The third-order valence-corrected chi connectivity index (χ3v) is 1.28. The van der Waals surface area contributed by atoms with E-state index in [9.17, 15) is 4.39 Å². The standard InChI is InChI=1S/C9H8F/c1-8(7-10)9-5-3-2-4-6-9/h2-7H,1H2/b8-7+. The van der Waals surface area contributed by atoms with Gasteiger partial charge in [0, 0.05) is 0 Å². The van der Waals surface area contributed by atoms with Crippen LogP contribution in [0.2, 0.25) is 0 Å². The molecular weight excluding hydrogens is 127 g/mol. The average Bonchev–Trinajstić information content (AvgIpc) is 2.05. The van der Waals surface area contributed by atoms with Crippen LogP contribution in [0.25, 0.3) is 5.57 Å². The maximum Gasteiger partial charge on any atom is 0.0904 e. The zero-order valence-corrected chi connectivity index (χ0v) is 5.55. The van der Waals surface area contributed by atoms with Crippen LogP contribution in [0, 0.1) is 6.92 Å². The third-order valence-electron chi connectivity index (χ3n) is 1.28. The average molecular weight is 135 g/mol. The molecule has 0 nitrogen and oxygen atoms in total. The first kappa shape index (κ1) is 7.00. The smallest absolute Gasteiger partial charge is 0.0904 e. The van der Waals surface area contributed by atoms with E-state index in [1.54, 1.807) is 0 Å². The van der Waals surface area contributed by atoms with Gasteiger partial charge < -0.3 is 0 Å². The van der Waals surface area contributed by atoms with Crippen molar-refractivity contribution in [3.05, 3.63) is 49.1 Å². The van der Waals surface area contributed by atoms with Crippen LogP contribution >= 0.6 is 0 Å². The molecule has 1 aromatic carbocycles. The summed E-state index contributed by atoms with van der Waals surface area (Å²) < 4.78 is 11.8. The molecule has 0 saturated heterocycles. The maximum atomic E-state index is 11.8. The van der Waals surface area contributed by atoms with Crippen LogP contribution in [0.15, 0.2) is 36.7 Å². The lowest BCUT2D eigenvalue weighted by Gasteiger charge is -1.95. The minimum absolute atomic E-state index is 0.417. The van der Waals surface area contributed by atoms with E-state index in [4.69, 9.17) is 0 Å². The number of hydrogen-bond donors (Lipinski definition) is 0. The van der Waals surface area contributed by atoms with Gasteiger partial charge in [-0.25, -0.2) is 4.39 Å². The molecule has 0 saturated carbocycles. The topological polar surface area (TPSA) is 0 Å². The van der Waals surface area contributed by atoms with Crippen LogP contribution in [0.3, 0.4) is 0 Å². The van der Waals surface area contributed by atoms with E-state index < -0.39 is 0 Å². The Bertz CT molecular complexity index is 224. The van der Waals surface area contributed by atoms with Crippen molar-refractivity contribution in [2.24, 2.45) is 0 Å². The third kappa shape index (κ3) is 1.44. The predicted molar refractivity (Wildman–Crippen MR) is 40.9 cm³/mol. The second-order valence-corrected chi connectivity index (χ2v) is 2.00. The van der Waals surface area contributed by atoms with Crippen LogP contribution < -0.4 is 0 Å². The minimum Gasteiger partial charge on any atom is -0.215 e. The first-order valence-electron chi connectivity index (χ1n) is 3.02. The molecule has 1 radical (unpaired) electrons. The van der Waals surface area contributed by atoms with Gasteiger partial charge in [0.05, 0.1) is 6.33 Å². The Hall–Kier alpha value is -1.11. The summed E-state index contributed by atoms with van der Waals surface area (Å²) in [5.41, 5.74) is 1.24. The molecule has 0 aliphatic rings. The van der Waals surface area contributed by atoms with Gasteiger partial charge in [0.2, 0.25) is 0 Å². The summed E-state index contributed by atoms with van der Waals surface area (Å²) in [7, 11) is 0. The Kier molecular flexibility index (Phi) is 2.21. The Labute approximate surface area is 60.0 Å². The molecule has 1 rings (SSSR count). The van der Waals surface area contributed by atoms with Crippen LogP contribution in [0.1, 0.15) is 5.56 Å². The van der Waals surface area contributed by atoms with E-state index in [0.29, 0.717) is 11.9 Å². The maximum absolute atomic E-state index is 11.8. The zero-order valence-electron chi connectivity index (χ0n) is 5.55. The van der Waals surface area contributed by atoms with E-state index in [2.05, 4.69) is 6.92 Å². The molecule has 0 aliphatic carbocycles. The van der Waals surface area contributed by atoms with Gasteiger partial charge in [-0.3, -0.25) is 0 Å². The monoisotopic (exact) mass is 135 g/mol. The molecule has 0 amide bonds. The summed E-state index contributed by atoms with van der Waals surface area (Å²) in [6.45, 7) is 3.51. The van der Waals surface area contributed by atoms with E-state index in [1.807, 2.05) is 30.3 Å². The molecule has 10 heavy (non-hydrogen) atoms. The molecule has 0 bridgehead atoms. The summed E-state index contributed by atoms with van der Waals surface area (Å²) in [6.07, 6.45) is 0.509. The summed E-state index contributed by atoms with van der Waals surface area (Å²) in [5, 5.41) is 0. The van der Waals surface area contributed by atoms with Crippen molar-refractivity contribution in [1.82, 2.24) is 0 Å². The molecule has 0 heterocycles. The number of hydrogen-bond acceptors (Lipinski definition) is 0. The summed E-state index contributed by atoms with van der Waals surface area (Å²) in [5.74, 6) is 0. The van der Waals surface area contributed by atoms with Crippen molar-refractivity contribution < 1.29 is 4.39 Å². The zero-order chi connectivity index (χ0) is 7.40. The van der Waals surface area contributed by atoms with Crippen LogP contribution in [0.5, 0.6) is 0 Å². The van der Waals surface area contributed by atoms with Gasteiger partial charge in [0.15, 0.2) is 0 Å². The van der Waals surface area contributed by atoms with Crippen molar-refractivity contribution in [3.63, 3.8) is 0 Å². The molecular formula is C9H8F. The van der Waals surface area contributed by atoms with Crippen LogP contribution in [-0.4, -0.2) is 0 Å². The molecule has 0 fully saturated rings. The second-order valence-electron chi connectivity index (χ2n) is 2.00. The van der Waals surface area contributed by atoms with Crippen molar-refractivity contribution >= 4 is 5.57 Å². The molecule has 0 N–H and O–H groups in total. The van der Waals surface area contributed by atoms with Gasteiger partial charge in [-0.15, -0.1) is 0 Å². The molecule has 1 aromatic rings. The van der Waals surface area contributed by atoms with Crippen LogP contribution in [0.4, 0.5) is 4.39 Å². The van der Waals surface area contributed by atoms with E-state index in [0.717, 1.165) is 5.56 Å². The highest BCUT2D eigenvalue weighted by molar-refractivity contribution is 5.67. The molecule has 51 valence electrons. The highest BCUT2D eigenvalue weighted by Gasteiger charge is 1.90. The SMILES string of the molecule is [CH2]/C(=C\F)c1ccccc1. The van der Waals surface area contributed by atoms with Gasteiger partial charge in [-0.1, -0.05) is 30.3 Å². The first-order valence-corrected chi connectivity index (χ1v) is 3.02. The summed E-state index contributed by atoms with van der Waals surface area (Å²) in [6, 6.07) is 9.22. The first-order chi connectivity index (χ1) is 4.84. The van der Waals surface area contributed by atoms with E-state index in [-0.39, 0.29) is 0 Å². The number of allylic oxidation sites excluding steroid dienone is 1. The quantitative estimate of drug-likeness (QED) is 0.555. The molecule has 0 atom stereocenters. The van der Waals surface area contributed by atoms with Crippen molar-refractivity contribution in [3.8, 4) is 0 Å². The molecule has 0 spiro atoms. The summed E-state index contributed by atoms with van der Waals surface area (Å²) >= 11 is 0. The Balaban J connectivity index is 2.96. The van der Waals surface area contributed by atoms with Gasteiger partial charge in [0.1, 0.15) is 0 Å². The second kappa shape index (κ2) is 3.16. The van der Waals surface area contributed by atoms with E-state index >= 15 is 0 Å². The fraction of sp³-hybridized carbons (Fsp3) is 0. The van der Waals surface area contributed by atoms with Gasteiger partial charge in [-0.05, 0) is 18.1 Å². The van der Waals surface area contributed by atoms with Crippen LogP contribution in [-0.2, 0) is 0 Å². The minimum atomic E-state index is 0.417. The fourth-order valence-electron chi connectivity index (χ4n) is 0.715. The number of benzene rings is 1. The lowest BCUT2D eigenvalue weighted by atomic mass is 10.1.